The number of fused-ring (bicyclic) bond motifs is 1. The van der Waals surface area contributed by atoms with Crippen LogP contribution in [0.2, 0.25) is 0 Å². The third-order valence-corrected chi connectivity index (χ3v) is 8.19. The maximum atomic E-state index is 13.0. The van der Waals surface area contributed by atoms with Gasteiger partial charge in [0.2, 0.25) is 10.0 Å². The van der Waals surface area contributed by atoms with Crippen LogP contribution in [0.3, 0.4) is 0 Å². The number of carbonyl (C=O) groups is 1. The fourth-order valence-electron chi connectivity index (χ4n) is 4.28. The Hall–Kier alpha value is -3.48. The highest BCUT2D eigenvalue weighted by atomic mass is 79.9. The minimum absolute atomic E-state index is 0.135. The predicted octanol–water partition coefficient (Wildman–Crippen LogP) is 5.19. The largest absolute Gasteiger partial charge is 0.444 e. The average molecular weight is 614 g/mol. The third-order valence-electron chi connectivity index (χ3n) is 6.10. The second kappa shape index (κ2) is 10.6. The predicted molar refractivity (Wildman–Crippen MR) is 152 cm³/mol. The lowest BCUT2D eigenvalue weighted by atomic mass is 10.1. The van der Waals surface area contributed by atoms with E-state index in [9.17, 15) is 13.2 Å². The van der Waals surface area contributed by atoms with E-state index < -0.39 is 21.7 Å². The Morgan fingerprint density at radius 2 is 1.82 bits per heavy atom. The van der Waals surface area contributed by atoms with Crippen LogP contribution in [0.5, 0.6) is 0 Å². The van der Waals surface area contributed by atoms with Gasteiger partial charge in [0, 0.05) is 36.4 Å². The van der Waals surface area contributed by atoms with Gasteiger partial charge in [-0.15, -0.1) is 0 Å². The summed E-state index contributed by atoms with van der Waals surface area (Å²) in [5, 5.41) is 7.73. The number of sulfonamides is 1. The van der Waals surface area contributed by atoms with Crippen LogP contribution in [0.15, 0.2) is 76.2 Å². The Bertz CT molecular complexity index is 1600. The first-order valence-electron chi connectivity index (χ1n) is 12.5. The number of rotatable bonds is 6. The van der Waals surface area contributed by atoms with Crippen LogP contribution < -0.4 is 10.0 Å². The van der Waals surface area contributed by atoms with Crippen molar-refractivity contribution in [3.63, 3.8) is 0 Å². The number of aromatic nitrogens is 3. The fraction of sp³-hybridized carbons (Fsp3) is 0.296. The minimum Gasteiger partial charge on any atom is -0.444 e. The number of amides is 1. The number of carbonyl (C=O) groups excluding carboxylic acids is 1. The molecule has 0 aliphatic carbocycles. The molecule has 1 saturated heterocycles. The van der Waals surface area contributed by atoms with Gasteiger partial charge >= 0.3 is 6.09 Å². The van der Waals surface area contributed by atoms with E-state index in [0.29, 0.717) is 30.1 Å². The number of benzene rings is 2. The van der Waals surface area contributed by atoms with Crippen molar-refractivity contribution in [3.05, 3.63) is 71.3 Å². The summed E-state index contributed by atoms with van der Waals surface area (Å²) >= 11 is 3.51. The molecule has 10 nitrogen and oxygen atoms in total. The van der Waals surface area contributed by atoms with Crippen LogP contribution in [0.1, 0.15) is 27.2 Å². The van der Waals surface area contributed by atoms with Crippen LogP contribution in [-0.2, 0) is 14.8 Å². The van der Waals surface area contributed by atoms with Crippen molar-refractivity contribution >= 4 is 49.2 Å². The van der Waals surface area contributed by atoms with Crippen molar-refractivity contribution < 1.29 is 17.9 Å². The Kier molecular flexibility index (Phi) is 7.36. The number of hydrogen-bond acceptors (Lipinski definition) is 7. The molecule has 4 aromatic rings. The lowest BCUT2D eigenvalue weighted by Crippen LogP contribution is -2.40. The zero-order valence-corrected chi connectivity index (χ0v) is 24.2. The van der Waals surface area contributed by atoms with Crippen molar-refractivity contribution in [2.24, 2.45) is 0 Å². The molecule has 2 aromatic carbocycles. The molecular formula is C27H29BrN6O4S. The molecular weight excluding hydrogens is 584 g/mol. The van der Waals surface area contributed by atoms with Crippen molar-refractivity contribution in [3.8, 4) is 11.3 Å². The van der Waals surface area contributed by atoms with Crippen LogP contribution in [0.4, 0.5) is 16.3 Å². The number of anilines is 2. The first-order chi connectivity index (χ1) is 18.5. The van der Waals surface area contributed by atoms with E-state index in [1.54, 1.807) is 55.7 Å². The van der Waals surface area contributed by atoms with Crippen molar-refractivity contribution in [2.75, 3.05) is 18.4 Å². The maximum Gasteiger partial charge on any atom is 0.410 e. The standard InChI is InChI=1S/C27H29BrN6O4S/c1-27(2,3)38-26(35)33-14-13-20(17-33)32-39(36,37)21-11-9-19(10-12-21)30-24-15-23(18-7-5-4-6-8-18)31-25-22(28)16-29-34(24)25/h4-12,15-16,20,30,32H,13-14,17H2,1-3H3. The highest BCUT2D eigenvalue weighted by Crippen LogP contribution is 2.28. The van der Waals surface area contributed by atoms with Gasteiger partial charge in [-0.3, -0.25) is 0 Å². The van der Waals surface area contributed by atoms with Crippen LogP contribution in [0.25, 0.3) is 16.9 Å². The second-order valence-corrected chi connectivity index (χ2v) is 12.9. The van der Waals surface area contributed by atoms with Crippen LogP contribution in [-0.4, -0.2) is 58.7 Å². The summed E-state index contributed by atoms with van der Waals surface area (Å²) in [5.41, 5.74) is 2.46. The molecule has 1 aliphatic heterocycles. The molecule has 1 fully saturated rings. The summed E-state index contributed by atoms with van der Waals surface area (Å²) < 4.78 is 36.6. The minimum atomic E-state index is -3.78. The van der Waals surface area contributed by atoms with Gasteiger partial charge < -0.3 is 15.0 Å². The summed E-state index contributed by atoms with van der Waals surface area (Å²) in [6.45, 7) is 6.09. The van der Waals surface area contributed by atoms with E-state index >= 15 is 0 Å². The molecule has 0 saturated carbocycles. The lowest BCUT2D eigenvalue weighted by Gasteiger charge is -2.24. The molecule has 12 heteroatoms. The summed E-state index contributed by atoms with van der Waals surface area (Å²) in [6, 6.07) is 17.8. The molecule has 0 spiro atoms. The van der Waals surface area contributed by atoms with Gasteiger partial charge in [0.05, 0.1) is 21.3 Å². The average Bonchev–Trinajstić information content (AvgIpc) is 3.50. The Morgan fingerprint density at radius 3 is 2.51 bits per heavy atom. The maximum absolute atomic E-state index is 13.0. The van der Waals surface area contributed by atoms with Gasteiger partial charge in [-0.05, 0) is 67.4 Å². The number of hydrogen-bond donors (Lipinski definition) is 2. The van der Waals surface area contributed by atoms with E-state index in [1.165, 1.54) is 4.90 Å². The molecule has 0 bridgehead atoms. The van der Waals surface area contributed by atoms with E-state index in [1.807, 2.05) is 36.4 Å². The second-order valence-electron chi connectivity index (χ2n) is 10.3. The molecule has 1 atom stereocenters. The number of nitrogens with one attached hydrogen (secondary N) is 2. The van der Waals surface area contributed by atoms with E-state index in [0.717, 1.165) is 15.7 Å². The van der Waals surface area contributed by atoms with Gasteiger partial charge in [0.25, 0.3) is 0 Å². The SMILES string of the molecule is CC(C)(C)OC(=O)N1CCC(NS(=O)(=O)c2ccc(Nc3cc(-c4ccccc4)nc4c(Br)cnn34)cc2)C1. The topological polar surface area (TPSA) is 118 Å². The summed E-state index contributed by atoms with van der Waals surface area (Å²) in [4.78, 5) is 18.7. The molecule has 5 rings (SSSR count). The summed E-state index contributed by atoms with van der Waals surface area (Å²) in [7, 11) is -3.78. The number of nitrogens with zero attached hydrogens (tertiary/aromatic N) is 4. The molecule has 1 aliphatic rings. The highest BCUT2D eigenvalue weighted by Gasteiger charge is 2.32. The highest BCUT2D eigenvalue weighted by molar-refractivity contribution is 9.10. The first-order valence-corrected chi connectivity index (χ1v) is 14.7. The zero-order valence-electron chi connectivity index (χ0n) is 21.8. The molecule has 2 N–H and O–H groups in total. The smallest absolute Gasteiger partial charge is 0.410 e. The van der Waals surface area contributed by atoms with Gasteiger partial charge in [0.15, 0.2) is 5.65 Å². The number of likely N-dealkylation sites (tertiary alicyclic amines) is 1. The summed E-state index contributed by atoms with van der Waals surface area (Å²) in [5.74, 6) is 0.673. The number of halogens is 1. The first kappa shape index (κ1) is 27.1. The van der Waals surface area contributed by atoms with Crippen LogP contribution in [0, 0.1) is 0 Å². The molecule has 0 radical (unpaired) electrons. The zero-order chi connectivity index (χ0) is 27.8. The van der Waals surface area contributed by atoms with Gasteiger partial charge in [-0.2, -0.15) is 9.61 Å². The van der Waals surface area contributed by atoms with Gasteiger partial charge in [0.1, 0.15) is 11.4 Å². The molecule has 1 unspecified atom stereocenters. The quantitative estimate of drug-likeness (QED) is 0.307. The van der Waals surface area contributed by atoms with Gasteiger partial charge in [-0.25, -0.2) is 22.9 Å². The van der Waals surface area contributed by atoms with Crippen molar-refractivity contribution in [1.82, 2.24) is 24.2 Å². The number of ether oxygens (including phenoxy) is 1. The Balaban J connectivity index is 1.30. The molecule has 2 aromatic heterocycles. The molecule has 39 heavy (non-hydrogen) atoms. The van der Waals surface area contributed by atoms with E-state index in [2.05, 4.69) is 31.1 Å². The van der Waals surface area contributed by atoms with Crippen molar-refractivity contribution in [2.45, 2.75) is 43.7 Å². The molecule has 1 amide bonds. The molecule has 3 heterocycles. The summed E-state index contributed by atoms with van der Waals surface area (Å²) in [6.07, 6.45) is 1.75. The normalized spacial score (nSPS) is 16.0. The molecule has 204 valence electrons. The third kappa shape index (κ3) is 6.23. The van der Waals surface area contributed by atoms with Crippen molar-refractivity contribution in [1.29, 1.82) is 0 Å². The Morgan fingerprint density at radius 1 is 1.10 bits per heavy atom. The van der Waals surface area contributed by atoms with E-state index in [4.69, 9.17) is 9.72 Å². The Labute approximate surface area is 235 Å². The van der Waals surface area contributed by atoms with Crippen LogP contribution >= 0.6 is 15.9 Å². The fourth-order valence-corrected chi connectivity index (χ4v) is 5.89. The monoisotopic (exact) mass is 612 g/mol. The van der Waals surface area contributed by atoms with E-state index in [-0.39, 0.29) is 17.5 Å². The lowest BCUT2D eigenvalue weighted by molar-refractivity contribution is 0.0292. The van der Waals surface area contributed by atoms with Gasteiger partial charge in [-0.1, -0.05) is 30.3 Å².